The summed E-state index contributed by atoms with van der Waals surface area (Å²) in [6.07, 6.45) is 6.04. The second-order valence-corrected chi connectivity index (χ2v) is 9.86. The number of benzene rings is 1. The Morgan fingerprint density at radius 3 is 2.50 bits per heavy atom. The SMILES string of the molecule is Cc1cccc2nc(-c3ccc4c(c3)C(=O)N(C3CCC(=O)NC3=O)C4=O)c(NC3CCCCC3)n12. The molecule has 4 amide bonds. The van der Waals surface area contributed by atoms with Crippen molar-refractivity contribution in [2.45, 2.75) is 64.0 Å². The van der Waals surface area contributed by atoms with E-state index >= 15 is 0 Å². The number of imide groups is 2. The van der Waals surface area contributed by atoms with Crippen LogP contribution in [0.1, 0.15) is 71.4 Å². The largest absolute Gasteiger partial charge is 0.367 e. The summed E-state index contributed by atoms with van der Waals surface area (Å²) < 4.78 is 2.10. The summed E-state index contributed by atoms with van der Waals surface area (Å²) in [6.45, 7) is 2.03. The van der Waals surface area contributed by atoms with E-state index in [0.717, 1.165) is 46.2 Å². The number of carbonyl (C=O) groups excluding carboxylic acids is 4. The number of imidazole rings is 1. The van der Waals surface area contributed by atoms with Gasteiger partial charge in [0, 0.05) is 23.7 Å². The number of anilines is 1. The molecule has 1 aromatic carbocycles. The molecule has 3 aliphatic rings. The van der Waals surface area contributed by atoms with Crippen molar-refractivity contribution in [3.8, 4) is 11.3 Å². The first-order valence-corrected chi connectivity index (χ1v) is 12.5. The van der Waals surface area contributed by atoms with Crippen molar-refractivity contribution in [1.82, 2.24) is 19.6 Å². The van der Waals surface area contributed by atoms with E-state index in [1.807, 2.05) is 25.1 Å². The lowest BCUT2D eigenvalue weighted by atomic mass is 9.95. The Kier molecular flexibility index (Phi) is 5.35. The Balaban J connectivity index is 1.40. The molecule has 4 heterocycles. The monoisotopic (exact) mass is 485 g/mol. The highest BCUT2D eigenvalue weighted by molar-refractivity contribution is 6.23. The smallest absolute Gasteiger partial charge is 0.262 e. The summed E-state index contributed by atoms with van der Waals surface area (Å²) in [6, 6.07) is 10.5. The molecular formula is C27H27N5O4. The van der Waals surface area contributed by atoms with Gasteiger partial charge in [-0.1, -0.05) is 31.4 Å². The predicted molar refractivity (Wildman–Crippen MR) is 133 cm³/mol. The van der Waals surface area contributed by atoms with Crippen molar-refractivity contribution < 1.29 is 19.2 Å². The third kappa shape index (κ3) is 3.57. The summed E-state index contributed by atoms with van der Waals surface area (Å²) in [5.41, 5.74) is 3.80. The fraction of sp³-hybridized carbons (Fsp3) is 0.370. The fourth-order valence-electron chi connectivity index (χ4n) is 5.65. The van der Waals surface area contributed by atoms with Gasteiger partial charge in [-0.05, 0) is 50.5 Å². The van der Waals surface area contributed by atoms with E-state index in [-0.39, 0.29) is 24.0 Å². The van der Waals surface area contributed by atoms with Crippen molar-refractivity contribution in [1.29, 1.82) is 0 Å². The van der Waals surface area contributed by atoms with Crippen LogP contribution in [0.3, 0.4) is 0 Å². The van der Waals surface area contributed by atoms with E-state index in [0.29, 0.717) is 6.04 Å². The minimum atomic E-state index is -0.986. The number of rotatable bonds is 4. The molecule has 3 aromatic rings. The molecule has 6 rings (SSSR count). The van der Waals surface area contributed by atoms with Crippen molar-refractivity contribution in [2.75, 3.05) is 5.32 Å². The second-order valence-electron chi connectivity index (χ2n) is 9.86. The maximum absolute atomic E-state index is 13.3. The van der Waals surface area contributed by atoms with Crippen LogP contribution in [0.25, 0.3) is 16.9 Å². The van der Waals surface area contributed by atoms with E-state index in [4.69, 9.17) is 4.98 Å². The third-order valence-electron chi connectivity index (χ3n) is 7.50. The molecule has 9 nitrogen and oxygen atoms in total. The van der Waals surface area contributed by atoms with Crippen LogP contribution in [-0.4, -0.2) is 50.0 Å². The lowest BCUT2D eigenvalue weighted by molar-refractivity contribution is -0.136. The van der Waals surface area contributed by atoms with E-state index < -0.39 is 29.7 Å². The van der Waals surface area contributed by atoms with Gasteiger partial charge in [0.25, 0.3) is 11.8 Å². The van der Waals surface area contributed by atoms with Crippen LogP contribution >= 0.6 is 0 Å². The standard InChI is InChI=1S/C27H27N5O4/c1-15-6-5-9-21-29-23(24(31(15)21)28-17-7-3-2-4-8-17)16-10-11-18-19(14-16)27(36)32(26(18)35)20-12-13-22(33)30-25(20)34/h5-6,9-11,14,17,20,28H,2-4,7-8,12-13H2,1H3,(H,30,33,34). The Labute approximate surface area is 207 Å². The molecule has 1 saturated carbocycles. The zero-order valence-electron chi connectivity index (χ0n) is 20.0. The van der Waals surface area contributed by atoms with E-state index in [1.54, 1.807) is 18.2 Å². The molecule has 36 heavy (non-hydrogen) atoms. The summed E-state index contributed by atoms with van der Waals surface area (Å²) >= 11 is 0. The quantitative estimate of drug-likeness (QED) is 0.548. The highest BCUT2D eigenvalue weighted by Crippen LogP contribution is 2.36. The third-order valence-corrected chi connectivity index (χ3v) is 7.50. The highest BCUT2D eigenvalue weighted by Gasteiger charge is 2.44. The van der Waals surface area contributed by atoms with Gasteiger partial charge in [0.1, 0.15) is 23.2 Å². The van der Waals surface area contributed by atoms with Crippen LogP contribution in [0.4, 0.5) is 5.82 Å². The van der Waals surface area contributed by atoms with Gasteiger partial charge >= 0.3 is 0 Å². The number of nitrogens with zero attached hydrogens (tertiary/aromatic N) is 3. The fourth-order valence-corrected chi connectivity index (χ4v) is 5.65. The van der Waals surface area contributed by atoms with Gasteiger partial charge in [-0.25, -0.2) is 4.98 Å². The van der Waals surface area contributed by atoms with Crippen molar-refractivity contribution in [3.05, 3.63) is 53.2 Å². The Morgan fingerprint density at radius 1 is 0.944 bits per heavy atom. The molecule has 1 atom stereocenters. The molecule has 1 aliphatic carbocycles. The Bertz CT molecular complexity index is 1440. The van der Waals surface area contributed by atoms with Crippen LogP contribution in [0.5, 0.6) is 0 Å². The number of aryl methyl sites for hydroxylation is 1. The number of aromatic nitrogens is 2. The van der Waals surface area contributed by atoms with E-state index in [9.17, 15) is 19.2 Å². The van der Waals surface area contributed by atoms with E-state index in [2.05, 4.69) is 15.0 Å². The number of carbonyl (C=O) groups is 4. The van der Waals surface area contributed by atoms with Crippen LogP contribution in [0.15, 0.2) is 36.4 Å². The van der Waals surface area contributed by atoms with E-state index in [1.165, 1.54) is 19.3 Å². The molecule has 2 fully saturated rings. The summed E-state index contributed by atoms with van der Waals surface area (Å²) in [5.74, 6) is -1.16. The predicted octanol–water partition coefficient (Wildman–Crippen LogP) is 3.46. The van der Waals surface area contributed by atoms with Gasteiger partial charge in [-0.2, -0.15) is 0 Å². The number of pyridine rings is 1. The Hall–Kier alpha value is -4.01. The summed E-state index contributed by atoms with van der Waals surface area (Å²) in [7, 11) is 0. The first kappa shape index (κ1) is 22.5. The molecule has 184 valence electrons. The van der Waals surface area contributed by atoms with Crippen molar-refractivity contribution in [2.24, 2.45) is 0 Å². The maximum atomic E-state index is 13.3. The van der Waals surface area contributed by atoms with Crippen LogP contribution < -0.4 is 10.6 Å². The molecule has 0 radical (unpaired) electrons. The van der Waals surface area contributed by atoms with Crippen LogP contribution in [-0.2, 0) is 9.59 Å². The number of fused-ring (bicyclic) bond motifs is 2. The average molecular weight is 486 g/mol. The minimum absolute atomic E-state index is 0.0891. The highest BCUT2D eigenvalue weighted by atomic mass is 16.2. The van der Waals surface area contributed by atoms with Crippen LogP contribution in [0.2, 0.25) is 0 Å². The van der Waals surface area contributed by atoms with Crippen molar-refractivity contribution in [3.63, 3.8) is 0 Å². The first-order chi connectivity index (χ1) is 17.4. The summed E-state index contributed by atoms with van der Waals surface area (Å²) in [4.78, 5) is 56.3. The molecule has 0 bridgehead atoms. The normalized spacial score (nSPS) is 20.7. The number of amides is 4. The Morgan fingerprint density at radius 2 is 1.72 bits per heavy atom. The van der Waals surface area contributed by atoms with Gasteiger partial charge in [0.15, 0.2) is 0 Å². The number of nitrogens with one attached hydrogen (secondary N) is 2. The van der Waals surface area contributed by atoms with Crippen LogP contribution in [0, 0.1) is 6.92 Å². The lowest BCUT2D eigenvalue weighted by Crippen LogP contribution is -2.54. The van der Waals surface area contributed by atoms with Gasteiger partial charge in [-0.3, -0.25) is 33.8 Å². The maximum Gasteiger partial charge on any atom is 0.262 e. The molecule has 2 N–H and O–H groups in total. The molecule has 2 aromatic heterocycles. The zero-order valence-corrected chi connectivity index (χ0v) is 20.0. The summed E-state index contributed by atoms with van der Waals surface area (Å²) in [5, 5.41) is 5.96. The molecular weight excluding hydrogens is 458 g/mol. The minimum Gasteiger partial charge on any atom is -0.367 e. The van der Waals surface area contributed by atoms with Gasteiger partial charge in [0.05, 0.1) is 11.1 Å². The second kappa shape index (κ2) is 8.58. The van der Waals surface area contributed by atoms with Gasteiger partial charge in [0.2, 0.25) is 11.8 Å². The molecule has 2 aliphatic heterocycles. The topological polar surface area (TPSA) is 113 Å². The molecule has 1 unspecified atom stereocenters. The lowest BCUT2D eigenvalue weighted by Gasteiger charge is -2.27. The van der Waals surface area contributed by atoms with Gasteiger partial charge in [-0.15, -0.1) is 0 Å². The molecule has 9 heteroatoms. The number of hydrogen-bond acceptors (Lipinski definition) is 6. The van der Waals surface area contributed by atoms with Gasteiger partial charge < -0.3 is 5.32 Å². The molecule has 0 spiro atoms. The average Bonchev–Trinajstić information content (AvgIpc) is 3.36. The zero-order chi connectivity index (χ0) is 25.0. The number of piperidine rings is 1. The van der Waals surface area contributed by atoms with Crippen molar-refractivity contribution >= 4 is 35.1 Å². The molecule has 1 saturated heterocycles. The first-order valence-electron chi connectivity index (χ1n) is 12.5. The number of hydrogen-bond donors (Lipinski definition) is 2.